The molecule has 0 spiro atoms. The molecule has 0 unspecified atom stereocenters. The summed E-state index contributed by atoms with van der Waals surface area (Å²) in [5, 5.41) is 2.96. The predicted octanol–water partition coefficient (Wildman–Crippen LogP) is 1.67. The second-order valence-corrected chi connectivity index (χ2v) is 6.55. The predicted molar refractivity (Wildman–Crippen MR) is 91.5 cm³/mol. The summed E-state index contributed by atoms with van der Waals surface area (Å²) in [5.41, 5.74) is 0.875. The number of para-hydroxylation sites is 1. The molecule has 2 aliphatic heterocycles. The molecule has 23 heavy (non-hydrogen) atoms. The SMILES string of the molecule is O=C(CN1CCC(CN2CCOCC2)CC1)Nc1ccccc1. The van der Waals surface area contributed by atoms with E-state index < -0.39 is 0 Å². The first-order chi connectivity index (χ1) is 11.3. The van der Waals surface area contributed by atoms with Crippen LogP contribution in [0.5, 0.6) is 0 Å². The van der Waals surface area contributed by atoms with Gasteiger partial charge in [0.05, 0.1) is 19.8 Å². The number of rotatable bonds is 5. The molecule has 2 fully saturated rings. The van der Waals surface area contributed by atoms with Crippen molar-refractivity contribution in [1.29, 1.82) is 0 Å². The Morgan fingerprint density at radius 1 is 1.04 bits per heavy atom. The third-order valence-electron chi connectivity index (χ3n) is 4.75. The fourth-order valence-corrected chi connectivity index (χ4v) is 3.40. The van der Waals surface area contributed by atoms with Gasteiger partial charge in [0.1, 0.15) is 0 Å². The average molecular weight is 317 g/mol. The van der Waals surface area contributed by atoms with Gasteiger partial charge in [-0.1, -0.05) is 18.2 Å². The van der Waals surface area contributed by atoms with E-state index in [1.54, 1.807) is 0 Å². The molecule has 0 saturated carbocycles. The number of piperidine rings is 1. The van der Waals surface area contributed by atoms with E-state index in [2.05, 4.69) is 15.1 Å². The lowest BCUT2D eigenvalue weighted by Crippen LogP contribution is -2.44. The number of nitrogens with one attached hydrogen (secondary N) is 1. The van der Waals surface area contributed by atoms with Crippen molar-refractivity contribution in [1.82, 2.24) is 9.80 Å². The standard InChI is InChI=1S/C18H27N3O2/c22-18(19-17-4-2-1-3-5-17)15-20-8-6-16(7-9-20)14-21-10-12-23-13-11-21/h1-5,16H,6-15H2,(H,19,22). The molecule has 2 saturated heterocycles. The summed E-state index contributed by atoms with van der Waals surface area (Å²) in [7, 11) is 0. The number of ether oxygens (including phenoxy) is 1. The maximum Gasteiger partial charge on any atom is 0.238 e. The fourth-order valence-electron chi connectivity index (χ4n) is 3.40. The van der Waals surface area contributed by atoms with Crippen LogP contribution in [0.1, 0.15) is 12.8 Å². The summed E-state index contributed by atoms with van der Waals surface area (Å²) in [5.74, 6) is 0.851. The molecule has 1 amide bonds. The van der Waals surface area contributed by atoms with Gasteiger partial charge < -0.3 is 10.1 Å². The highest BCUT2D eigenvalue weighted by Crippen LogP contribution is 2.19. The first-order valence-electron chi connectivity index (χ1n) is 8.67. The molecular formula is C18H27N3O2. The van der Waals surface area contributed by atoms with E-state index in [1.165, 1.54) is 19.4 Å². The summed E-state index contributed by atoms with van der Waals surface area (Å²) < 4.78 is 5.40. The molecule has 3 rings (SSSR count). The largest absolute Gasteiger partial charge is 0.379 e. The van der Waals surface area contributed by atoms with Crippen molar-refractivity contribution in [2.24, 2.45) is 5.92 Å². The molecule has 1 aromatic rings. The van der Waals surface area contributed by atoms with Crippen LogP contribution in [0.4, 0.5) is 5.69 Å². The summed E-state index contributed by atoms with van der Waals surface area (Å²) in [6.07, 6.45) is 2.38. The minimum absolute atomic E-state index is 0.0860. The molecule has 0 aromatic heterocycles. The number of carbonyl (C=O) groups is 1. The third kappa shape index (κ3) is 5.30. The van der Waals surface area contributed by atoms with Gasteiger partial charge in [-0.2, -0.15) is 0 Å². The lowest BCUT2D eigenvalue weighted by molar-refractivity contribution is -0.117. The van der Waals surface area contributed by atoms with E-state index in [-0.39, 0.29) is 5.91 Å². The monoisotopic (exact) mass is 317 g/mol. The van der Waals surface area contributed by atoms with Gasteiger partial charge in [-0.05, 0) is 44.0 Å². The zero-order valence-corrected chi connectivity index (χ0v) is 13.7. The zero-order valence-electron chi connectivity index (χ0n) is 13.7. The molecule has 0 bridgehead atoms. The molecule has 0 atom stereocenters. The Morgan fingerprint density at radius 3 is 2.43 bits per heavy atom. The van der Waals surface area contributed by atoms with Crippen molar-refractivity contribution in [2.45, 2.75) is 12.8 Å². The summed E-state index contributed by atoms with van der Waals surface area (Å²) in [6, 6.07) is 9.67. The molecule has 2 heterocycles. The maximum absolute atomic E-state index is 12.1. The first kappa shape index (κ1) is 16.4. The minimum Gasteiger partial charge on any atom is -0.379 e. The van der Waals surface area contributed by atoms with Crippen LogP contribution in [0.15, 0.2) is 30.3 Å². The zero-order chi connectivity index (χ0) is 15.9. The number of carbonyl (C=O) groups excluding carboxylic acids is 1. The van der Waals surface area contributed by atoms with Crippen molar-refractivity contribution in [3.8, 4) is 0 Å². The lowest BCUT2D eigenvalue weighted by atomic mass is 9.96. The number of hydrogen-bond acceptors (Lipinski definition) is 4. The van der Waals surface area contributed by atoms with Crippen molar-refractivity contribution in [2.75, 3.05) is 57.8 Å². The van der Waals surface area contributed by atoms with Crippen LogP contribution in [0.3, 0.4) is 0 Å². The van der Waals surface area contributed by atoms with Crippen LogP contribution in [-0.4, -0.2) is 68.2 Å². The van der Waals surface area contributed by atoms with Gasteiger partial charge in [-0.3, -0.25) is 14.6 Å². The van der Waals surface area contributed by atoms with Crippen LogP contribution in [0.25, 0.3) is 0 Å². The second kappa shape index (κ2) is 8.43. The molecule has 2 aliphatic rings. The van der Waals surface area contributed by atoms with Crippen molar-refractivity contribution < 1.29 is 9.53 Å². The molecule has 5 nitrogen and oxygen atoms in total. The van der Waals surface area contributed by atoms with Gasteiger partial charge in [0.15, 0.2) is 0 Å². The minimum atomic E-state index is 0.0860. The van der Waals surface area contributed by atoms with Gasteiger partial charge >= 0.3 is 0 Å². The van der Waals surface area contributed by atoms with Crippen LogP contribution in [0, 0.1) is 5.92 Å². The highest BCUT2D eigenvalue weighted by molar-refractivity contribution is 5.92. The Kier molecular flexibility index (Phi) is 6.02. The summed E-state index contributed by atoms with van der Waals surface area (Å²) in [6.45, 7) is 7.62. The normalized spacial score (nSPS) is 21.2. The van der Waals surface area contributed by atoms with Crippen LogP contribution in [0.2, 0.25) is 0 Å². The first-order valence-corrected chi connectivity index (χ1v) is 8.67. The Balaban J connectivity index is 1.36. The lowest BCUT2D eigenvalue weighted by Gasteiger charge is -2.35. The fraction of sp³-hybridized carbons (Fsp3) is 0.611. The van der Waals surface area contributed by atoms with Crippen molar-refractivity contribution >= 4 is 11.6 Å². The quantitative estimate of drug-likeness (QED) is 0.897. The van der Waals surface area contributed by atoms with E-state index in [9.17, 15) is 4.79 Å². The number of morpholine rings is 1. The average Bonchev–Trinajstić information content (AvgIpc) is 2.58. The smallest absolute Gasteiger partial charge is 0.238 e. The van der Waals surface area contributed by atoms with Crippen molar-refractivity contribution in [3.05, 3.63) is 30.3 Å². The number of amides is 1. The van der Waals surface area contributed by atoms with Gasteiger partial charge in [-0.15, -0.1) is 0 Å². The van der Waals surface area contributed by atoms with Gasteiger partial charge in [0.25, 0.3) is 0 Å². The number of hydrogen-bond donors (Lipinski definition) is 1. The van der Waals surface area contributed by atoms with E-state index in [0.29, 0.717) is 6.54 Å². The number of benzene rings is 1. The van der Waals surface area contributed by atoms with Crippen molar-refractivity contribution in [3.63, 3.8) is 0 Å². The van der Waals surface area contributed by atoms with E-state index in [1.807, 2.05) is 30.3 Å². The molecule has 0 aliphatic carbocycles. The van der Waals surface area contributed by atoms with Gasteiger partial charge in [-0.25, -0.2) is 0 Å². The highest BCUT2D eigenvalue weighted by Gasteiger charge is 2.23. The van der Waals surface area contributed by atoms with Crippen LogP contribution >= 0.6 is 0 Å². The van der Waals surface area contributed by atoms with Crippen LogP contribution in [-0.2, 0) is 9.53 Å². The molecule has 5 heteroatoms. The molecule has 1 N–H and O–H groups in total. The molecule has 1 aromatic carbocycles. The number of anilines is 1. The van der Waals surface area contributed by atoms with Gasteiger partial charge in [0.2, 0.25) is 5.91 Å². The summed E-state index contributed by atoms with van der Waals surface area (Å²) in [4.78, 5) is 16.9. The number of nitrogens with zero attached hydrogens (tertiary/aromatic N) is 2. The molecule has 126 valence electrons. The van der Waals surface area contributed by atoms with E-state index in [0.717, 1.165) is 51.0 Å². The Morgan fingerprint density at radius 2 is 1.74 bits per heavy atom. The Hall–Kier alpha value is -1.43. The summed E-state index contributed by atoms with van der Waals surface area (Å²) >= 11 is 0. The Bertz CT molecular complexity index is 480. The van der Waals surface area contributed by atoms with E-state index in [4.69, 9.17) is 4.74 Å². The topological polar surface area (TPSA) is 44.8 Å². The van der Waals surface area contributed by atoms with Gasteiger partial charge in [0, 0.05) is 25.3 Å². The second-order valence-electron chi connectivity index (χ2n) is 6.55. The van der Waals surface area contributed by atoms with E-state index >= 15 is 0 Å². The van der Waals surface area contributed by atoms with Crippen LogP contribution < -0.4 is 5.32 Å². The number of likely N-dealkylation sites (tertiary alicyclic amines) is 1. The Labute approximate surface area is 138 Å². The third-order valence-corrected chi connectivity index (χ3v) is 4.75. The molecule has 0 radical (unpaired) electrons. The molecular weight excluding hydrogens is 290 g/mol. The highest BCUT2D eigenvalue weighted by atomic mass is 16.5. The maximum atomic E-state index is 12.1.